The molecule has 0 aliphatic carbocycles. The van der Waals surface area contributed by atoms with Gasteiger partial charge in [-0.2, -0.15) is 0 Å². The Morgan fingerprint density at radius 1 is 1.27 bits per heavy atom. The van der Waals surface area contributed by atoms with E-state index in [9.17, 15) is 4.79 Å². The summed E-state index contributed by atoms with van der Waals surface area (Å²) in [5, 5.41) is 0. The monoisotopic (exact) mass is 306 g/mol. The summed E-state index contributed by atoms with van der Waals surface area (Å²) in [5.74, 6) is 0.0313. The van der Waals surface area contributed by atoms with Crippen molar-refractivity contribution in [1.82, 2.24) is 9.80 Å². The van der Waals surface area contributed by atoms with Crippen molar-refractivity contribution in [1.29, 1.82) is 0 Å². The normalized spacial score (nSPS) is 32.4. The van der Waals surface area contributed by atoms with E-state index in [-0.39, 0.29) is 18.1 Å². The zero-order chi connectivity index (χ0) is 14.9. The van der Waals surface area contributed by atoms with Crippen molar-refractivity contribution >= 4 is 5.91 Å². The minimum atomic E-state index is 0.0313. The lowest BCUT2D eigenvalue weighted by Crippen LogP contribution is -2.52. The molecule has 3 atom stereocenters. The van der Waals surface area contributed by atoms with Crippen molar-refractivity contribution in [3.63, 3.8) is 0 Å². The Morgan fingerprint density at radius 2 is 2.23 bits per heavy atom. The van der Waals surface area contributed by atoms with Crippen LogP contribution in [0.1, 0.15) is 23.2 Å². The third-order valence-electron chi connectivity index (χ3n) is 4.93. The largest absolute Gasteiger partial charge is 0.472 e. The van der Waals surface area contributed by atoms with E-state index in [0.717, 1.165) is 45.7 Å². The van der Waals surface area contributed by atoms with Crippen LogP contribution in [0.5, 0.6) is 0 Å². The number of rotatable bonds is 3. The molecule has 1 amide bonds. The third kappa shape index (κ3) is 2.66. The molecule has 22 heavy (non-hydrogen) atoms. The Bertz CT molecular complexity index is 512. The summed E-state index contributed by atoms with van der Waals surface area (Å²) >= 11 is 0. The van der Waals surface area contributed by atoms with Gasteiger partial charge in [-0.05, 0) is 18.9 Å². The van der Waals surface area contributed by atoms with Gasteiger partial charge >= 0.3 is 0 Å². The van der Waals surface area contributed by atoms with Crippen LogP contribution >= 0.6 is 0 Å². The number of likely N-dealkylation sites (tertiary alicyclic amines) is 1. The average Bonchev–Trinajstić information content (AvgIpc) is 3.28. The maximum atomic E-state index is 12.5. The highest BCUT2D eigenvalue weighted by Gasteiger charge is 2.42. The van der Waals surface area contributed by atoms with E-state index in [4.69, 9.17) is 13.9 Å². The molecule has 120 valence electrons. The SMILES string of the molecule is O=C(c1ccoc1)N1C[C@@H]2OCCN(C[C@H]3CCCO3)[C@@H]2C1. The molecule has 1 aromatic rings. The molecule has 0 spiro atoms. The van der Waals surface area contributed by atoms with E-state index in [2.05, 4.69) is 4.90 Å². The second-order valence-corrected chi connectivity index (χ2v) is 6.33. The maximum Gasteiger partial charge on any atom is 0.257 e. The summed E-state index contributed by atoms with van der Waals surface area (Å²) in [6.45, 7) is 4.89. The summed E-state index contributed by atoms with van der Waals surface area (Å²) in [4.78, 5) is 16.8. The molecule has 0 unspecified atom stereocenters. The molecule has 3 aliphatic heterocycles. The highest BCUT2D eigenvalue weighted by atomic mass is 16.5. The minimum absolute atomic E-state index is 0.0313. The second kappa shape index (κ2) is 6.02. The maximum absolute atomic E-state index is 12.5. The van der Waals surface area contributed by atoms with Crippen molar-refractivity contribution in [3.05, 3.63) is 24.2 Å². The Kier molecular flexibility index (Phi) is 3.90. The lowest BCUT2D eigenvalue weighted by molar-refractivity contribution is -0.0614. The fourth-order valence-corrected chi connectivity index (χ4v) is 3.77. The number of nitrogens with zero attached hydrogens (tertiary/aromatic N) is 2. The number of ether oxygens (including phenoxy) is 2. The summed E-state index contributed by atoms with van der Waals surface area (Å²) in [6, 6.07) is 2.00. The van der Waals surface area contributed by atoms with Gasteiger partial charge in [0.15, 0.2) is 0 Å². The van der Waals surface area contributed by atoms with Crippen LogP contribution in [0.2, 0.25) is 0 Å². The topological polar surface area (TPSA) is 55.2 Å². The third-order valence-corrected chi connectivity index (χ3v) is 4.93. The standard InChI is InChI=1S/C16H22N2O4/c19-16(12-3-6-20-11-12)18-9-14-15(10-18)22-7-4-17(14)8-13-2-1-5-21-13/h3,6,11,13-15H,1-2,4-5,7-10H2/t13-,14-,15+/m1/s1. The lowest BCUT2D eigenvalue weighted by Gasteiger charge is -2.37. The first-order valence-corrected chi connectivity index (χ1v) is 8.10. The molecule has 0 N–H and O–H groups in total. The van der Waals surface area contributed by atoms with Crippen LogP contribution in [0, 0.1) is 0 Å². The number of carbonyl (C=O) groups excluding carboxylic acids is 1. The predicted molar refractivity (Wildman–Crippen MR) is 78.7 cm³/mol. The van der Waals surface area contributed by atoms with Gasteiger partial charge in [0, 0.05) is 32.8 Å². The van der Waals surface area contributed by atoms with Gasteiger partial charge in [0.25, 0.3) is 5.91 Å². The molecule has 3 fully saturated rings. The second-order valence-electron chi connectivity index (χ2n) is 6.33. The first-order valence-electron chi connectivity index (χ1n) is 8.10. The molecule has 0 aromatic carbocycles. The van der Waals surface area contributed by atoms with E-state index >= 15 is 0 Å². The van der Waals surface area contributed by atoms with E-state index in [1.165, 1.54) is 12.5 Å². The Balaban J connectivity index is 1.42. The van der Waals surface area contributed by atoms with Crippen molar-refractivity contribution in [3.8, 4) is 0 Å². The quantitative estimate of drug-likeness (QED) is 0.833. The number of carbonyl (C=O) groups is 1. The molecule has 1 aromatic heterocycles. The number of amides is 1. The summed E-state index contributed by atoms with van der Waals surface area (Å²) in [5.41, 5.74) is 0.615. The lowest BCUT2D eigenvalue weighted by atomic mass is 10.1. The van der Waals surface area contributed by atoms with Gasteiger partial charge in [0.2, 0.25) is 0 Å². The van der Waals surface area contributed by atoms with Crippen molar-refractivity contribution in [2.45, 2.75) is 31.1 Å². The van der Waals surface area contributed by atoms with Crippen LogP contribution in [0.25, 0.3) is 0 Å². The van der Waals surface area contributed by atoms with E-state index in [1.807, 2.05) is 4.90 Å². The Morgan fingerprint density at radius 3 is 3.00 bits per heavy atom. The Hall–Kier alpha value is -1.37. The van der Waals surface area contributed by atoms with E-state index in [0.29, 0.717) is 18.2 Å². The van der Waals surface area contributed by atoms with Gasteiger partial charge in [0.1, 0.15) is 6.26 Å². The first kappa shape index (κ1) is 14.2. The van der Waals surface area contributed by atoms with Crippen LogP contribution < -0.4 is 0 Å². The van der Waals surface area contributed by atoms with Gasteiger partial charge < -0.3 is 18.8 Å². The fraction of sp³-hybridized carbons (Fsp3) is 0.688. The van der Waals surface area contributed by atoms with Crippen molar-refractivity contribution < 1.29 is 18.7 Å². The molecule has 3 aliphatic rings. The first-order chi connectivity index (χ1) is 10.8. The van der Waals surface area contributed by atoms with Gasteiger partial charge in [-0.1, -0.05) is 0 Å². The summed E-state index contributed by atoms with van der Waals surface area (Å²) < 4.78 is 16.7. The predicted octanol–water partition coefficient (Wildman–Crippen LogP) is 0.984. The molecule has 3 saturated heterocycles. The van der Waals surface area contributed by atoms with Crippen LogP contribution in [-0.4, -0.2) is 73.3 Å². The Labute approximate surface area is 129 Å². The zero-order valence-corrected chi connectivity index (χ0v) is 12.6. The molecule has 4 rings (SSSR count). The smallest absolute Gasteiger partial charge is 0.257 e. The number of morpholine rings is 1. The zero-order valence-electron chi connectivity index (χ0n) is 12.6. The molecule has 6 nitrogen and oxygen atoms in total. The van der Waals surface area contributed by atoms with Crippen molar-refractivity contribution in [2.75, 3.05) is 39.4 Å². The highest BCUT2D eigenvalue weighted by Crippen LogP contribution is 2.26. The minimum Gasteiger partial charge on any atom is -0.472 e. The summed E-state index contributed by atoms with van der Waals surface area (Å²) in [6.07, 6.45) is 5.82. The van der Waals surface area contributed by atoms with Crippen LogP contribution in [0.15, 0.2) is 23.0 Å². The number of hydrogen-bond donors (Lipinski definition) is 0. The number of hydrogen-bond acceptors (Lipinski definition) is 5. The van der Waals surface area contributed by atoms with Gasteiger partial charge in [-0.3, -0.25) is 9.69 Å². The van der Waals surface area contributed by atoms with Crippen LogP contribution in [0.4, 0.5) is 0 Å². The van der Waals surface area contributed by atoms with Gasteiger partial charge in [-0.25, -0.2) is 0 Å². The average molecular weight is 306 g/mol. The van der Waals surface area contributed by atoms with Crippen LogP contribution in [-0.2, 0) is 9.47 Å². The molecule has 0 radical (unpaired) electrons. The molecule has 6 heteroatoms. The molecule has 0 bridgehead atoms. The van der Waals surface area contributed by atoms with Crippen LogP contribution in [0.3, 0.4) is 0 Å². The number of furan rings is 1. The van der Waals surface area contributed by atoms with Crippen molar-refractivity contribution in [2.24, 2.45) is 0 Å². The molecule has 4 heterocycles. The molecular weight excluding hydrogens is 284 g/mol. The summed E-state index contributed by atoms with van der Waals surface area (Å²) in [7, 11) is 0. The molecule has 0 saturated carbocycles. The fourth-order valence-electron chi connectivity index (χ4n) is 3.77. The van der Waals surface area contributed by atoms with Gasteiger partial charge in [0.05, 0.1) is 36.7 Å². The van der Waals surface area contributed by atoms with E-state index < -0.39 is 0 Å². The highest BCUT2D eigenvalue weighted by molar-refractivity contribution is 5.94. The molecular formula is C16H22N2O4. The van der Waals surface area contributed by atoms with E-state index in [1.54, 1.807) is 6.07 Å². The van der Waals surface area contributed by atoms with Gasteiger partial charge in [-0.15, -0.1) is 0 Å². The number of fused-ring (bicyclic) bond motifs is 1.